The Morgan fingerprint density at radius 1 is 1.21 bits per heavy atom. The van der Waals surface area contributed by atoms with E-state index >= 15 is 0 Å². The monoisotopic (exact) mass is 396 g/mol. The lowest BCUT2D eigenvalue weighted by Gasteiger charge is -2.34. The van der Waals surface area contributed by atoms with Gasteiger partial charge in [-0.3, -0.25) is 4.79 Å². The minimum absolute atomic E-state index is 0.0421. The predicted molar refractivity (Wildman–Crippen MR) is 113 cm³/mol. The third-order valence-electron chi connectivity index (χ3n) is 7.15. The molecule has 2 aliphatic carbocycles. The predicted octanol–water partition coefficient (Wildman–Crippen LogP) is 4.78. The SMILES string of the molecule is Cc1cccc(C)c1NC(=O)[C@@H](C)Sc1nnc2c(n1)[C@]1(C)CC[C@@H]2C1(C)C. The van der Waals surface area contributed by atoms with Crippen molar-refractivity contribution in [3.8, 4) is 0 Å². The lowest BCUT2D eigenvalue weighted by molar-refractivity contribution is -0.115. The average molecular weight is 397 g/mol. The fourth-order valence-corrected chi connectivity index (χ4v) is 5.57. The molecule has 148 valence electrons. The number of aromatic nitrogens is 3. The molecule has 1 aromatic carbocycles. The van der Waals surface area contributed by atoms with E-state index in [0.717, 1.165) is 41.0 Å². The Labute approximate surface area is 171 Å². The molecule has 2 aromatic rings. The first-order valence-electron chi connectivity index (χ1n) is 9.94. The standard InChI is InChI=1S/C22H28N4OS/c1-12-8-7-9-13(2)16(12)23-19(27)14(3)28-20-24-18-17(25-26-20)15-10-11-22(18,6)21(15,4)5/h7-9,14-15H,10-11H2,1-6H3,(H,23,27)/t14-,15+,22+/m1/s1. The Balaban J connectivity index is 1.52. The first kappa shape index (κ1) is 19.4. The molecule has 1 N–H and O–H groups in total. The highest BCUT2D eigenvalue weighted by Gasteiger charge is 2.61. The smallest absolute Gasteiger partial charge is 0.237 e. The summed E-state index contributed by atoms with van der Waals surface area (Å²) < 4.78 is 0. The third-order valence-corrected chi connectivity index (χ3v) is 8.10. The summed E-state index contributed by atoms with van der Waals surface area (Å²) in [7, 11) is 0. The quantitative estimate of drug-likeness (QED) is 0.753. The van der Waals surface area contributed by atoms with Gasteiger partial charge in [-0.15, -0.1) is 5.10 Å². The van der Waals surface area contributed by atoms with Gasteiger partial charge in [-0.05, 0) is 50.2 Å². The number of hydrogen-bond donors (Lipinski definition) is 1. The highest BCUT2D eigenvalue weighted by Crippen LogP contribution is 2.66. The zero-order chi connectivity index (χ0) is 20.3. The van der Waals surface area contributed by atoms with Crippen LogP contribution in [-0.4, -0.2) is 26.3 Å². The van der Waals surface area contributed by atoms with Gasteiger partial charge < -0.3 is 5.32 Å². The molecule has 3 atom stereocenters. The van der Waals surface area contributed by atoms with Crippen LogP contribution in [0.1, 0.15) is 69.0 Å². The van der Waals surface area contributed by atoms with Crippen LogP contribution in [0.25, 0.3) is 0 Å². The lowest BCUT2D eigenvalue weighted by Crippen LogP contribution is -2.32. The molecule has 5 nitrogen and oxygen atoms in total. The van der Waals surface area contributed by atoms with Crippen LogP contribution in [0.5, 0.6) is 0 Å². The maximum atomic E-state index is 12.7. The van der Waals surface area contributed by atoms with Crippen LogP contribution in [-0.2, 0) is 10.2 Å². The number of para-hydroxylation sites is 1. The zero-order valence-electron chi connectivity index (χ0n) is 17.5. The number of fused-ring (bicyclic) bond motifs is 5. The molecule has 1 aromatic heterocycles. The normalized spacial score (nSPS) is 25.4. The van der Waals surface area contributed by atoms with Crippen LogP contribution in [0.3, 0.4) is 0 Å². The van der Waals surface area contributed by atoms with E-state index in [-0.39, 0.29) is 22.0 Å². The van der Waals surface area contributed by atoms with Crippen molar-refractivity contribution in [3.05, 3.63) is 40.7 Å². The fraction of sp³-hybridized carbons (Fsp3) is 0.545. The van der Waals surface area contributed by atoms with E-state index in [4.69, 9.17) is 4.98 Å². The van der Waals surface area contributed by atoms with Gasteiger partial charge in [0.15, 0.2) is 0 Å². The van der Waals surface area contributed by atoms with Crippen LogP contribution in [0.15, 0.2) is 23.4 Å². The topological polar surface area (TPSA) is 67.8 Å². The van der Waals surface area contributed by atoms with Crippen LogP contribution < -0.4 is 5.32 Å². The van der Waals surface area contributed by atoms with Crippen molar-refractivity contribution in [1.29, 1.82) is 0 Å². The molecule has 0 aliphatic heterocycles. The van der Waals surface area contributed by atoms with E-state index in [2.05, 4.69) is 36.3 Å². The van der Waals surface area contributed by atoms with Crippen molar-refractivity contribution >= 4 is 23.4 Å². The Morgan fingerprint density at radius 3 is 2.57 bits per heavy atom. The number of thioether (sulfide) groups is 1. The molecule has 28 heavy (non-hydrogen) atoms. The molecule has 6 heteroatoms. The van der Waals surface area contributed by atoms with Gasteiger partial charge in [0.2, 0.25) is 11.1 Å². The molecular weight excluding hydrogens is 368 g/mol. The zero-order valence-corrected chi connectivity index (χ0v) is 18.3. The van der Waals surface area contributed by atoms with Crippen molar-refractivity contribution in [2.24, 2.45) is 5.41 Å². The second kappa shape index (κ2) is 6.55. The summed E-state index contributed by atoms with van der Waals surface area (Å²) in [5.74, 6) is 0.399. The van der Waals surface area contributed by atoms with Crippen LogP contribution >= 0.6 is 11.8 Å². The Hall–Kier alpha value is -1.95. The van der Waals surface area contributed by atoms with Gasteiger partial charge in [-0.25, -0.2) is 4.98 Å². The number of amides is 1. The number of hydrogen-bond acceptors (Lipinski definition) is 5. The Bertz CT molecular complexity index is 937. The number of nitrogens with one attached hydrogen (secondary N) is 1. The molecule has 2 aliphatic rings. The number of benzene rings is 1. The lowest BCUT2D eigenvalue weighted by atomic mass is 9.70. The highest BCUT2D eigenvalue weighted by molar-refractivity contribution is 8.00. The molecule has 2 bridgehead atoms. The fourth-order valence-electron chi connectivity index (χ4n) is 4.86. The van der Waals surface area contributed by atoms with E-state index in [0.29, 0.717) is 11.1 Å². The van der Waals surface area contributed by atoms with Crippen molar-refractivity contribution in [2.75, 3.05) is 5.32 Å². The summed E-state index contributed by atoms with van der Waals surface area (Å²) in [6.45, 7) is 12.8. The maximum absolute atomic E-state index is 12.7. The van der Waals surface area contributed by atoms with E-state index in [1.165, 1.54) is 11.8 Å². The molecule has 0 spiro atoms. The van der Waals surface area contributed by atoms with E-state index in [9.17, 15) is 4.79 Å². The summed E-state index contributed by atoms with van der Waals surface area (Å²) in [6, 6.07) is 6.01. The molecule has 0 saturated heterocycles. The number of aryl methyl sites for hydroxylation is 2. The second-order valence-corrected chi connectivity index (χ2v) is 10.3. The van der Waals surface area contributed by atoms with Crippen molar-refractivity contribution in [1.82, 2.24) is 15.2 Å². The van der Waals surface area contributed by atoms with E-state index < -0.39 is 0 Å². The van der Waals surface area contributed by atoms with Gasteiger partial charge in [-0.2, -0.15) is 5.10 Å². The maximum Gasteiger partial charge on any atom is 0.237 e. The number of carbonyl (C=O) groups is 1. The van der Waals surface area contributed by atoms with E-state index in [1.807, 2.05) is 39.0 Å². The van der Waals surface area contributed by atoms with Crippen LogP contribution in [0.4, 0.5) is 5.69 Å². The molecule has 0 radical (unpaired) electrons. The van der Waals surface area contributed by atoms with E-state index in [1.54, 1.807) is 0 Å². The van der Waals surface area contributed by atoms with Crippen molar-refractivity contribution in [2.45, 2.75) is 76.1 Å². The molecule has 4 rings (SSSR count). The highest BCUT2D eigenvalue weighted by atomic mass is 32.2. The van der Waals surface area contributed by atoms with Gasteiger partial charge in [0, 0.05) is 17.0 Å². The van der Waals surface area contributed by atoms with Gasteiger partial charge in [0.1, 0.15) is 0 Å². The molecule has 1 fully saturated rings. The van der Waals surface area contributed by atoms with Crippen molar-refractivity contribution < 1.29 is 4.79 Å². The minimum atomic E-state index is -0.307. The van der Waals surface area contributed by atoms with Crippen molar-refractivity contribution in [3.63, 3.8) is 0 Å². The number of rotatable bonds is 4. The van der Waals surface area contributed by atoms with Gasteiger partial charge in [-0.1, -0.05) is 50.7 Å². The summed E-state index contributed by atoms with van der Waals surface area (Å²) in [5.41, 5.74) is 5.37. The first-order valence-corrected chi connectivity index (χ1v) is 10.8. The molecule has 1 saturated carbocycles. The molecular formula is C22H28N4OS. The van der Waals surface area contributed by atoms with Crippen LogP contribution in [0.2, 0.25) is 0 Å². The summed E-state index contributed by atoms with van der Waals surface area (Å²) in [5, 5.41) is 12.2. The first-order chi connectivity index (χ1) is 13.1. The molecule has 0 unspecified atom stereocenters. The summed E-state index contributed by atoms with van der Waals surface area (Å²) in [4.78, 5) is 17.6. The largest absolute Gasteiger partial charge is 0.325 e. The van der Waals surface area contributed by atoms with Gasteiger partial charge in [0.25, 0.3) is 0 Å². The third kappa shape index (κ3) is 2.76. The minimum Gasteiger partial charge on any atom is -0.325 e. The Morgan fingerprint density at radius 2 is 1.89 bits per heavy atom. The van der Waals surface area contributed by atoms with Gasteiger partial charge >= 0.3 is 0 Å². The van der Waals surface area contributed by atoms with Gasteiger partial charge in [0.05, 0.1) is 16.6 Å². The molecule has 1 heterocycles. The number of carbonyl (C=O) groups excluding carboxylic acids is 1. The van der Waals surface area contributed by atoms with Crippen LogP contribution in [0, 0.1) is 19.3 Å². The molecule has 1 amide bonds. The number of nitrogens with zero attached hydrogens (tertiary/aromatic N) is 3. The second-order valence-electron chi connectivity index (χ2n) is 8.99. The Kier molecular flexibility index (Phi) is 4.53. The summed E-state index contributed by atoms with van der Waals surface area (Å²) >= 11 is 1.38. The number of anilines is 1. The average Bonchev–Trinajstić information content (AvgIpc) is 2.97. The summed E-state index contributed by atoms with van der Waals surface area (Å²) in [6.07, 6.45) is 2.30.